The van der Waals surface area contributed by atoms with E-state index in [-0.39, 0.29) is 0 Å². The Kier molecular flexibility index (Phi) is 12.9. The summed E-state index contributed by atoms with van der Waals surface area (Å²) in [6, 6.07) is 0. The highest BCUT2D eigenvalue weighted by atomic mass is 14.4. The van der Waals surface area contributed by atoms with Crippen LogP contribution in [0.5, 0.6) is 0 Å². The Morgan fingerprint density at radius 2 is 0.700 bits per heavy atom. The van der Waals surface area contributed by atoms with Crippen LogP contribution in [0.25, 0.3) is 0 Å². The van der Waals surface area contributed by atoms with E-state index < -0.39 is 0 Å². The molecule has 0 aromatic heterocycles. The molecule has 0 aromatic rings. The van der Waals surface area contributed by atoms with Crippen molar-refractivity contribution >= 4 is 0 Å². The van der Waals surface area contributed by atoms with Gasteiger partial charge in [0.2, 0.25) is 0 Å². The van der Waals surface area contributed by atoms with E-state index >= 15 is 0 Å². The molecular weight excluding hydrogens is 360 g/mol. The first-order valence-electron chi connectivity index (χ1n) is 14.8. The van der Waals surface area contributed by atoms with Crippen LogP contribution in [0.2, 0.25) is 0 Å². The van der Waals surface area contributed by atoms with Gasteiger partial charge in [-0.2, -0.15) is 0 Å². The Morgan fingerprint density at radius 1 is 0.333 bits per heavy atom. The van der Waals surface area contributed by atoms with Gasteiger partial charge in [-0.15, -0.1) is 0 Å². The lowest BCUT2D eigenvalue weighted by Crippen LogP contribution is -2.29. The van der Waals surface area contributed by atoms with Gasteiger partial charge in [0.25, 0.3) is 0 Å². The minimum absolute atomic E-state index is 0.987. The van der Waals surface area contributed by atoms with Gasteiger partial charge in [0.05, 0.1) is 0 Å². The largest absolute Gasteiger partial charge is 0.0533 e. The quantitative estimate of drug-likeness (QED) is 0.420. The third-order valence-corrected chi connectivity index (χ3v) is 9.06. The van der Waals surface area contributed by atoms with Gasteiger partial charge in [0.1, 0.15) is 0 Å². The summed E-state index contributed by atoms with van der Waals surface area (Å²) < 4.78 is 0. The lowest BCUT2D eigenvalue weighted by Gasteiger charge is -2.39. The smallest absolute Gasteiger partial charge is 0.0176 e. The Labute approximate surface area is 190 Å². The zero-order chi connectivity index (χ0) is 20.7. The fraction of sp³-hybridized carbons (Fsp3) is 0.967. The molecule has 0 saturated heterocycles. The van der Waals surface area contributed by atoms with Crippen LogP contribution < -0.4 is 0 Å². The van der Waals surface area contributed by atoms with Crippen molar-refractivity contribution < 1.29 is 0 Å². The zero-order valence-corrected chi connectivity index (χ0v) is 20.6. The fourth-order valence-corrected chi connectivity index (χ4v) is 7.24. The first-order chi connectivity index (χ1) is 14.9. The van der Waals surface area contributed by atoms with Gasteiger partial charge in [0.15, 0.2) is 0 Å². The summed E-state index contributed by atoms with van der Waals surface area (Å²) in [6.07, 6.45) is 39.5. The predicted octanol–water partition coefficient (Wildman–Crippen LogP) is 10.6. The Morgan fingerprint density at radius 3 is 1.20 bits per heavy atom. The maximum Gasteiger partial charge on any atom is -0.0176 e. The van der Waals surface area contributed by atoms with Gasteiger partial charge >= 0.3 is 0 Å². The monoisotopic (exact) mass is 415 g/mol. The van der Waals surface area contributed by atoms with Crippen LogP contribution in [0.15, 0.2) is 0 Å². The average Bonchev–Trinajstić information content (AvgIpc) is 2.87. The van der Waals surface area contributed by atoms with E-state index in [0.717, 1.165) is 17.8 Å². The fourth-order valence-electron chi connectivity index (χ4n) is 7.24. The topological polar surface area (TPSA) is 0 Å². The SMILES string of the molecule is C1CCCCC([C]2CCCCCCCCCC2C2CCCCCCCC2)CCCC1. The average molecular weight is 416 g/mol. The van der Waals surface area contributed by atoms with Gasteiger partial charge in [0, 0.05) is 0 Å². The molecular formula is C30H55. The Balaban J connectivity index is 1.74. The van der Waals surface area contributed by atoms with Crippen LogP contribution in [0.1, 0.15) is 167 Å². The molecule has 0 aromatic carbocycles. The van der Waals surface area contributed by atoms with E-state index in [2.05, 4.69) is 5.92 Å². The summed E-state index contributed by atoms with van der Waals surface area (Å²) in [5.41, 5.74) is 0. The maximum absolute atomic E-state index is 2.13. The van der Waals surface area contributed by atoms with Gasteiger partial charge in [-0.05, 0) is 49.4 Å². The second-order valence-electron chi connectivity index (χ2n) is 11.4. The van der Waals surface area contributed by atoms with E-state index in [9.17, 15) is 0 Å². The lowest BCUT2D eigenvalue weighted by molar-refractivity contribution is 0.219. The van der Waals surface area contributed by atoms with Crippen LogP contribution in [-0.2, 0) is 0 Å². The van der Waals surface area contributed by atoms with Crippen molar-refractivity contribution in [1.82, 2.24) is 0 Å². The normalized spacial score (nSPS) is 29.8. The lowest BCUT2D eigenvalue weighted by atomic mass is 9.66. The molecule has 3 saturated carbocycles. The van der Waals surface area contributed by atoms with Gasteiger partial charge in [-0.3, -0.25) is 0 Å². The Bertz CT molecular complexity index is 379. The molecule has 0 aliphatic heterocycles. The van der Waals surface area contributed by atoms with Crippen LogP contribution >= 0.6 is 0 Å². The molecule has 3 rings (SSSR count). The molecule has 0 N–H and O–H groups in total. The summed E-state index contributed by atoms with van der Waals surface area (Å²) in [5.74, 6) is 5.15. The highest BCUT2D eigenvalue weighted by Gasteiger charge is 2.34. The molecule has 175 valence electrons. The van der Waals surface area contributed by atoms with Gasteiger partial charge < -0.3 is 0 Å². The highest BCUT2D eigenvalue weighted by molar-refractivity contribution is 5.04. The molecule has 0 spiro atoms. The van der Waals surface area contributed by atoms with Crippen LogP contribution in [-0.4, -0.2) is 0 Å². The van der Waals surface area contributed by atoms with E-state index in [1.807, 2.05) is 0 Å². The third kappa shape index (κ3) is 9.24. The van der Waals surface area contributed by atoms with Crippen molar-refractivity contribution in [3.8, 4) is 0 Å². The molecule has 3 aliphatic rings. The molecule has 1 unspecified atom stereocenters. The van der Waals surface area contributed by atoms with Crippen molar-refractivity contribution in [2.45, 2.75) is 167 Å². The first kappa shape index (κ1) is 24.6. The van der Waals surface area contributed by atoms with Crippen molar-refractivity contribution in [2.24, 2.45) is 17.8 Å². The van der Waals surface area contributed by atoms with E-state index in [0.29, 0.717) is 0 Å². The Hall–Kier alpha value is 0. The van der Waals surface area contributed by atoms with Crippen molar-refractivity contribution in [1.29, 1.82) is 0 Å². The molecule has 3 fully saturated rings. The molecule has 0 bridgehead atoms. The molecule has 30 heavy (non-hydrogen) atoms. The van der Waals surface area contributed by atoms with E-state index in [1.54, 1.807) is 32.1 Å². The molecule has 0 heteroatoms. The maximum atomic E-state index is 2.13. The second kappa shape index (κ2) is 15.7. The van der Waals surface area contributed by atoms with E-state index in [4.69, 9.17) is 0 Å². The summed E-state index contributed by atoms with van der Waals surface area (Å²) in [4.78, 5) is 0. The van der Waals surface area contributed by atoms with Crippen LogP contribution in [0, 0.1) is 23.7 Å². The highest BCUT2D eigenvalue weighted by Crippen LogP contribution is 2.45. The molecule has 1 atom stereocenters. The van der Waals surface area contributed by atoms with Crippen molar-refractivity contribution in [2.75, 3.05) is 0 Å². The van der Waals surface area contributed by atoms with Crippen LogP contribution in [0.4, 0.5) is 0 Å². The molecule has 3 aliphatic carbocycles. The van der Waals surface area contributed by atoms with Crippen molar-refractivity contribution in [3.63, 3.8) is 0 Å². The third-order valence-electron chi connectivity index (χ3n) is 9.06. The van der Waals surface area contributed by atoms with Gasteiger partial charge in [-0.25, -0.2) is 0 Å². The van der Waals surface area contributed by atoms with Gasteiger partial charge in [-0.1, -0.05) is 141 Å². The standard InChI is InChI=1S/C30H55/c1-3-9-15-21-27(22-16-10-4-1)29-25-19-13-5-2-6-14-20-26-30(29)28-23-17-11-7-8-12-18-24-28/h27-28,30H,1-26H2. The summed E-state index contributed by atoms with van der Waals surface area (Å²) in [6.45, 7) is 0. The predicted molar refractivity (Wildman–Crippen MR) is 134 cm³/mol. The van der Waals surface area contributed by atoms with E-state index in [1.165, 1.54) is 135 Å². The first-order valence-corrected chi connectivity index (χ1v) is 14.8. The summed E-state index contributed by atoms with van der Waals surface area (Å²) >= 11 is 0. The number of hydrogen-bond donors (Lipinski definition) is 0. The summed E-state index contributed by atoms with van der Waals surface area (Å²) in [7, 11) is 0. The second-order valence-corrected chi connectivity index (χ2v) is 11.4. The molecule has 0 nitrogen and oxygen atoms in total. The number of hydrogen-bond acceptors (Lipinski definition) is 0. The molecule has 0 amide bonds. The molecule has 0 heterocycles. The summed E-state index contributed by atoms with van der Waals surface area (Å²) in [5, 5.41) is 0. The minimum Gasteiger partial charge on any atom is -0.0533 e. The zero-order valence-electron chi connectivity index (χ0n) is 20.6. The van der Waals surface area contributed by atoms with Crippen molar-refractivity contribution in [3.05, 3.63) is 5.92 Å². The molecule has 1 radical (unpaired) electrons. The van der Waals surface area contributed by atoms with Crippen LogP contribution in [0.3, 0.4) is 0 Å². The minimum atomic E-state index is 0.987. The number of rotatable bonds is 2.